The maximum atomic E-state index is 12.4. The molecule has 0 aromatic carbocycles. The summed E-state index contributed by atoms with van der Waals surface area (Å²) in [6, 6.07) is -0.400. The second-order valence-electron chi connectivity index (χ2n) is 6.05. The molecule has 3 fully saturated rings. The van der Waals surface area contributed by atoms with Gasteiger partial charge in [-0.3, -0.25) is 19.3 Å². The Bertz CT molecular complexity index is 405. The minimum atomic E-state index is -0.924. The number of amides is 2. The first-order valence-corrected chi connectivity index (χ1v) is 7.18. The molecule has 0 radical (unpaired) electrons. The summed E-state index contributed by atoms with van der Waals surface area (Å²) in [5, 5.41) is 9.00. The lowest BCUT2D eigenvalue weighted by Crippen LogP contribution is -2.43. The highest BCUT2D eigenvalue weighted by Crippen LogP contribution is 2.44. The van der Waals surface area contributed by atoms with E-state index in [1.807, 2.05) is 0 Å². The molecule has 19 heavy (non-hydrogen) atoms. The maximum absolute atomic E-state index is 12.4. The van der Waals surface area contributed by atoms with Gasteiger partial charge in [0.05, 0.1) is 24.3 Å². The van der Waals surface area contributed by atoms with Gasteiger partial charge in [-0.25, -0.2) is 0 Å². The van der Waals surface area contributed by atoms with Crippen LogP contribution in [-0.4, -0.2) is 33.8 Å². The average molecular weight is 265 g/mol. The SMILES string of the molecule is O=C(O)CC(C1CC1)N1C(=O)C2CCCCC2C1=O. The van der Waals surface area contributed by atoms with Crippen LogP contribution in [0.4, 0.5) is 0 Å². The summed E-state index contributed by atoms with van der Waals surface area (Å²) in [5.41, 5.74) is 0. The van der Waals surface area contributed by atoms with Crippen molar-refractivity contribution in [2.24, 2.45) is 17.8 Å². The molecule has 5 nitrogen and oxygen atoms in total. The molecule has 1 saturated heterocycles. The molecule has 0 aromatic rings. The molecule has 0 spiro atoms. The van der Waals surface area contributed by atoms with E-state index in [-0.39, 0.29) is 36.0 Å². The van der Waals surface area contributed by atoms with E-state index in [0.717, 1.165) is 38.5 Å². The van der Waals surface area contributed by atoms with Crippen molar-refractivity contribution in [3.05, 3.63) is 0 Å². The van der Waals surface area contributed by atoms with E-state index in [1.54, 1.807) is 0 Å². The first kappa shape index (κ1) is 12.6. The normalized spacial score (nSPS) is 32.3. The van der Waals surface area contributed by atoms with Crippen molar-refractivity contribution in [2.75, 3.05) is 0 Å². The van der Waals surface area contributed by atoms with Gasteiger partial charge in [-0.2, -0.15) is 0 Å². The maximum Gasteiger partial charge on any atom is 0.305 e. The number of carbonyl (C=O) groups is 3. The summed E-state index contributed by atoms with van der Waals surface area (Å²) in [4.78, 5) is 37.1. The summed E-state index contributed by atoms with van der Waals surface area (Å²) in [6.07, 6.45) is 5.35. The van der Waals surface area contributed by atoms with Gasteiger partial charge in [0, 0.05) is 0 Å². The Labute approximate surface area is 112 Å². The number of hydrogen-bond acceptors (Lipinski definition) is 3. The van der Waals surface area contributed by atoms with Crippen LogP contribution < -0.4 is 0 Å². The number of nitrogens with zero attached hydrogens (tertiary/aromatic N) is 1. The van der Waals surface area contributed by atoms with E-state index in [1.165, 1.54) is 4.90 Å². The van der Waals surface area contributed by atoms with Crippen molar-refractivity contribution in [3.63, 3.8) is 0 Å². The van der Waals surface area contributed by atoms with E-state index in [9.17, 15) is 14.4 Å². The number of imide groups is 1. The van der Waals surface area contributed by atoms with Gasteiger partial charge in [0.2, 0.25) is 11.8 Å². The third-order valence-corrected chi connectivity index (χ3v) is 4.76. The Kier molecular flexibility index (Phi) is 3.07. The smallest absolute Gasteiger partial charge is 0.305 e. The number of rotatable bonds is 4. The van der Waals surface area contributed by atoms with Crippen LogP contribution in [0.2, 0.25) is 0 Å². The molecule has 2 saturated carbocycles. The summed E-state index contributed by atoms with van der Waals surface area (Å²) >= 11 is 0. The molecule has 3 aliphatic rings. The van der Waals surface area contributed by atoms with Crippen LogP contribution in [0.25, 0.3) is 0 Å². The number of carboxylic acids is 1. The van der Waals surface area contributed by atoms with Gasteiger partial charge in [-0.1, -0.05) is 12.8 Å². The quantitative estimate of drug-likeness (QED) is 0.780. The number of hydrogen-bond donors (Lipinski definition) is 1. The molecule has 2 aliphatic carbocycles. The van der Waals surface area contributed by atoms with Gasteiger partial charge in [0.1, 0.15) is 0 Å². The van der Waals surface area contributed by atoms with E-state index < -0.39 is 12.0 Å². The predicted octanol–water partition coefficient (Wildman–Crippen LogP) is 1.41. The summed E-state index contributed by atoms with van der Waals surface area (Å²) in [5.74, 6) is -1.26. The lowest BCUT2D eigenvalue weighted by molar-refractivity contribution is -0.146. The fourth-order valence-electron chi connectivity index (χ4n) is 3.64. The molecule has 3 atom stereocenters. The Morgan fingerprint density at radius 3 is 2.05 bits per heavy atom. The molecular formula is C14H19NO4. The van der Waals surface area contributed by atoms with Crippen LogP contribution in [0.1, 0.15) is 44.9 Å². The average Bonchev–Trinajstić information content (AvgIpc) is 3.18. The van der Waals surface area contributed by atoms with Gasteiger partial charge in [-0.05, 0) is 31.6 Å². The first-order valence-electron chi connectivity index (χ1n) is 7.18. The van der Waals surface area contributed by atoms with Gasteiger partial charge in [-0.15, -0.1) is 0 Å². The van der Waals surface area contributed by atoms with Crippen LogP contribution in [-0.2, 0) is 14.4 Å². The number of likely N-dealkylation sites (tertiary alicyclic amines) is 1. The molecule has 2 amide bonds. The largest absolute Gasteiger partial charge is 0.481 e. The van der Waals surface area contributed by atoms with E-state index in [2.05, 4.69) is 0 Å². The van der Waals surface area contributed by atoms with Crippen LogP contribution in [0, 0.1) is 17.8 Å². The van der Waals surface area contributed by atoms with E-state index >= 15 is 0 Å². The van der Waals surface area contributed by atoms with Crippen molar-refractivity contribution in [3.8, 4) is 0 Å². The van der Waals surface area contributed by atoms with Crippen LogP contribution in [0.3, 0.4) is 0 Å². The molecule has 5 heteroatoms. The molecule has 0 aromatic heterocycles. The van der Waals surface area contributed by atoms with Crippen LogP contribution >= 0.6 is 0 Å². The molecule has 3 unspecified atom stereocenters. The zero-order chi connectivity index (χ0) is 13.6. The highest BCUT2D eigenvalue weighted by atomic mass is 16.4. The van der Waals surface area contributed by atoms with Gasteiger partial charge >= 0.3 is 5.97 Å². The van der Waals surface area contributed by atoms with Crippen molar-refractivity contribution < 1.29 is 19.5 Å². The minimum Gasteiger partial charge on any atom is -0.481 e. The molecule has 1 heterocycles. The van der Waals surface area contributed by atoms with Crippen molar-refractivity contribution in [1.29, 1.82) is 0 Å². The summed E-state index contributed by atoms with van der Waals surface area (Å²) in [7, 11) is 0. The topological polar surface area (TPSA) is 74.7 Å². The highest BCUT2D eigenvalue weighted by molar-refractivity contribution is 6.05. The fraction of sp³-hybridized carbons (Fsp3) is 0.786. The second kappa shape index (κ2) is 4.62. The van der Waals surface area contributed by atoms with Crippen molar-refractivity contribution in [2.45, 2.75) is 51.0 Å². The van der Waals surface area contributed by atoms with Crippen molar-refractivity contribution >= 4 is 17.8 Å². The van der Waals surface area contributed by atoms with E-state index in [4.69, 9.17) is 5.11 Å². The lowest BCUT2D eigenvalue weighted by atomic mass is 9.81. The van der Waals surface area contributed by atoms with Gasteiger partial charge in [0.25, 0.3) is 0 Å². The zero-order valence-electron chi connectivity index (χ0n) is 10.9. The van der Waals surface area contributed by atoms with Crippen molar-refractivity contribution in [1.82, 2.24) is 4.90 Å². The molecular weight excluding hydrogens is 246 g/mol. The minimum absolute atomic E-state index is 0.0956. The van der Waals surface area contributed by atoms with Crippen LogP contribution in [0.15, 0.2) is 0 Å². The van der Waals surface area contributed by atoms with E-state index in [0.29, 0.717) is 0 Å². The fourth-order valence-corrected chi connectivity index (χ4v) is 3.64. The number of carboxylic acid groups (broad SMARTS) is 1. The van der Waals surface area contributed by atoms with Gasteiger partial charge in [0.15, 0.2) is 0 Å². The predicted molar refractivity (Wildman–Crippen MR) is 66.1 cm³/mol. The number of fused-ring (bicyclic) bond motifs is 1. The molecule has 3 rings (SSSR count). The molecule has 1 N–H and O–H groups in total. The number of aliphatic carboxylic acids is 1. The number of carbonyl (C=O) groups excluding carboxylic acids is 2. The zero-order valence-corrected chi connectivity index (χ0v) is 10.9. The first-order chi connectivity index (χ1) is 9.09. The lowest BCUT2D eigenvalue weighted by Gasteiger charge is -2.25. The Morgan fingerprint density at radius 1 is 1.11 bits per heavy atom. The highest BCUT2D eigenvalue weighted by Gasteiger charge is 2.53. The summed E-state index contributed by atoms with van der Waals surface area (Å²) < 4.78 is 0. The monoisotopic (exact) mass is 265 g/mol. The Hall–Kier alpha value is -1.39. The molecule has 104 valence electrons. The molecule has 0 bridgehead atoms. The standard InChI is InChI=1S/C14H19NO4/c16-12(17)7-11(8-5-6-8)15-13(18)9-3-1-2-4-10(9)14(15)19/h8-11H,1-7H2,(H,16,17). The Balaban J connectivity index is 1.83. The Morgan fingerprint density at radius 2 is 1.63 bits per heavy atom. The summed E-state index contributed by atoms with van der Waals surface area (Å²) in [6.45, 7) is 0. The second-order valence-corrected chi connectivity index (χ2v) is 6.05. The third kappa shape index (κ3) is 2.15. The third-order valence-electron chi connectivity index (χ3n) is 4.76. The molecule has 1 aliphatic heterocycles. The van der Waals surface area contributed by atoms with Crippen LogP contribution in [0.5, 0.6) is 0 Å². The van der Waals surface area contributed by atoms with Gasteiger partial charge < -0.3 is 5.11 Å².